The molecule has 16 heavy (non-hydrogen) atoms. The molecule has 0 bridgehead atoms. The van der Waals surface area contributed by atoms with Gasteiger partial charge in [0.1, 0.15) is 5.82 Å². The van der Waals surface area contributed by atoms with Gasteiger partial charge < -0.3 is 5.73 Å². The van der Waals surface area contributed by atoms with Crippen molar-refractivity contribution in [1.82, 2.24) is 14.8 Å². The van der Waals surface area contributed by atoms with Crippen molar-refractivity contribution in [2.45, 2.75) is 25.4 Å². The molecule has 0 saturated carbocycles. The first-order valence-corrected chi connectivity index (χ1v) is 6.39. The minimum atomic E-state index is 0.0189. The van der Waals surface area contributed by atoms with Crippen LogP contribution in [0.5, 0.6) is 0 Å². The summed E-state index contributed by atoms with van der Waals surface area (Å²) in [6.07, 6.45) is 2.06. The second-order valence-corrected chi connectivity index (χ2v) is 5.58. The number of nitrogens with two attached hydrogens (primary N) is 1. The van der Waals surface area contributed by atoms with Crippen LogP contribution in [-0.4, -0.2) is 14.8 Å². The van der Waals surface area contributed by atoms with Gasteiger partial charge >= 0.3 is 0 Å². The number of rotatable bonds is 1. The highest BCUT2D eigenvalue weighted by Crippen LogP contribution is 2.30. The van der Waals surface area contributed by atoms with Crippen molar-refractivity contribution in [2.75, 3.05) is 0 Å². The van der Waals surface area contributed by atoms with Crippen LogP contribution in [0.2, 0.25) is 4.34 Å². The van der Waals surface area contributed by atoms with Gasteiger partial charge in [0.15, 0.2) is 5.82 Å². The number of aryl methyl sites for hydroxylation is 1. The van der Waals surface area contributed by atoms with Crippen LogP contribution < -0.4 is 5.73 Å². The van der Waals surface area contributed by atoms with Crippen molar-refractivity contribution in [3.05, 3.63) is 22.3 Å². The summed E-state index contributed by atoms with van der Waals surface area (Å²) < 4.78 is 2.67. The van der Waals surface area contributed by atoms with E-state index >= 15 is 0 Å². The Balaban J connectivity index is 2.04. The van der Waals surface area contributed by atoms with E-state index in [0.717, 1.165) is 40.2 Å². The molecule has 2 aromatic rings. The maximum atomic E-state index is 6.00. The standard InChI is InChI=1S/C10H11ClN4S/c11-8-4-3-7(16-8)9-13-10-6(12)2-1-5-15(10)14-9/h3-4,6H,1-2,5,12H2. The third kappa shape index (κ3) is 1.65. The first kappa shape index (κ1) is 10.3. The molecule has 3 heterocycles. The van der Waals surface area contributed by atoms with Crippen LogP contribution in [-0.2, 0) is 6.54 Å². The topological polar surface area (TPSA) is 56.7 Å². The molecule has 1 aliphatic rings. The number of halogens is 1. The molecule has 0 radical (unpaired) electrons. The number of nitrogens with zero attached hydrogens (tertiary/aromatic N) is 3. The molecule has 3 rings (SSSR count). The monoisotopic (exact) mass is 254 g/mol. The highest BCUT2D eigenvalue weighted by molar-refractivity contribution is 7.19. The van der Waals surface area contributed by atoms with E-state index < -0.39 is 0 Å². The van der Waals surface area contributed by atoms with Crippen LogP contribution in [0.25, 0.3) is 10.7 Å². The molecular weight excluding hydrogens is 244 g/mol. The summed E-state index contributed by atoms with van der Waals surface area (Å²) in [6, 6.07) is 3.83. The molecule has 0 aromatic carbocycles. The van der Waals surface area contributed by atoms with Gasteiger partial charge in [0.2, 0.25) is 0 Å². The Morgan fingerprint density at radius 2 is 2.38 bits per heavy atom. The van der Waals surface area contributed by atoms with Crippen molar-refractivity contribution in [1.29, 1.82) is 0 Å². The van der Waals surface area contributed by atoms with E-state index in [-0.39, 0.29) is 6.04 Å². The van der Waals surface area contributed by atoms with E-state index in [9.17, 15) is 0 Å². The van der Waals surface area contributed by atoms with Crippen LogP contribution in [0, 0.1) is 0 Å². The maximum absolute atomic E-state index is 6.00. The molecule has 2 aromatic heterocycles. The fourth-order valence-electron chi connectivity index (χ4n) is 1.92. The van der Waals surface area contributed by atoms with Gasteiger partial charge in [-0.2, -0.15) is 0 Å². The second kappa shape index (κ2) is 3.84. The average Bonchev–Trinajstić information content (AvgIpc) is 2.84. The number of hydrogen-bond donors (Lipinski definition) is 1. The fourth-order valence-corrected chi connectivity index (χ4v) is 2.89. The molecular formula is C10H11ClN4S. The zero-order valence-corrected chi connectivity index (χ0v) is 10.1. The lowest BCUT2D eigenvalue weighted by Gasteiger charge is -2.17. The SMILES string of the molecule is NC1CCCn2nc(-c3ccc(Cl)s3)nc21. The molecule has 0 aliphatic carbocycles. The van der Waals surface area contributed by atoms with Crippen molar-refractivity contribution in [3.8, 4) is 10.7 Å². The van der Waals surface area contributed by atoms with Crippen LogP contribution >= 0.6 is 22.9 Å². The van der Waals surface area contributed by atoms with E-state index in [2.05, 4.69) is 10.1 Å². The Morgan fingerprint density at radius 1 is 1.50 bits per heavy atom. The fraction of sp³-hybridized carbons (Fsp3) is 0.400. The molecule has 1 unspecified atom stereocenters. The quantitative estimate of drug-likeness (QED) is 0.851. The van der Waals surface area contributed by atoms with E-state index in [0.29, 0.717) is 0 Å². The van der Waals surface area contributed by atoms with E-state index in [1.165, 1.54) is 11.3 Å². The molecule has 0 spiro atoms. The Labute approximate surface area is 102 Å². The largest absolute Gasteiger partial charge is 0.321 e. The Morgan fingerprint density at radius 3 is 3.06 bits per heavy atom. The second-order valence-electron chi connectivity index (χ2n) is 3.87. The smallest absolute Gasteiger partial charge is 0.191 e. The summed E-state index contributed by atoms with van der Waals surface area (Å²) >= 11 is 7.39. The van der Waals surface area contributed by atoms with E-state index in [4.69, 9.17) is 17.3 Å². The number of aromatic nitrogens is 3. The number of thiophene rings is 1. The molecule has 0 amide bonds. The minimum absolute atomic E-state index is 0.0189. The minimum Gasteiger partial charge on any atom is -0.321 e. The van der Waals surface area contributed by atoms with Gasteiger partial charge in [0, 0.05) is 6.54 Å². The molecule has 0 saturated heterocycles. The molecule has 4 nitrogen and oxygen atoms in total. The van der Waals surface area contributed by atoms with Crippen molar-refractivity contribution in [3.63, 3.8) is 0 Å². The predicted octanol–water partition coefficient (Wildman–Crippen LogP) is 2.45. The first-order valence-electron chi connectivity index (χ1n) is 5.20. The molecule has 0 fully saturated rings. The lowest BCUT2D eigenvalue weighted by Crippen LogP contribution is -2.22. The van der Waals surface area contributed by atoms with Gasteiger partial charge in [-0.15, -0.1) is 16.4 Å². The van der Waals surface area contributed by atoms with Gasteiger partial charge in [-0.1, -0.05) is 11.6 Å². The van der Waals surface area contributed by atoms with Gasteiger partial charge in [0.05, 0.1) is 15.3 Å². The summed E-state index contributed by atoms with van der Waals surface area (Å²) in [5.74, 6) is 1.63. The zero-order chi connectivity index (χ0) is 11.1. The first-order chi connectivity index (χ1) is 7.74. The maximum Gasteiger partial charge on any atom is 0.191 e. The van der Waals surface area contributed by atoms with Crippen molar-refractivity contribution < 1.29 is 0 Å². The zero-order valence-electron chi connectivity index (χ0n) is 8.56. The lowest BCUT2D eigenvalue weighted by atomic mass is 10.1. The highest BCUT2D eigenvalue weighted by Gasteiger charge is 2.21. The molecule has 1 atom stereocenters. The van der Waals surface area contributed by atoms with Crippen molar-refractivity contribution in [2.24, 2.45) is 5.73 Å². The molecule has 84 valence electrons. The van der Waals surface area contributed by atoms with Crippen molar-refractivity contribution >= 4 is 22.9 Å². The third-order valence-corrected chi connectivity index (χ3v) is 3.94. The number of hydrogen-bond acceptors (Lipinski definition) is 4. The normalized spacial score (nSPS) is 19.8. The molecule has 6 heteroatoms. The van der Waals surface area contributed by atoms with Gasteiger partial charge in [-0.3, -0.25) is 0 Å². The van der Waals surface area contributed by atoms with E-state index in [1.54, 1.807) is 0 Å². The third-order valence-electron chi connectivity index (χ3n) is 2.71. The molecule has 2 N–H and O–H groups in total. The predicted molar refractivity (Wildman–Crippen MR) is 64.5 cm³/mol. The van der Waals surface area contributed by atoms with Gasteiger partial charge in [-0.05, 0) is 25.0 Å². The van der Waals surface area contributed by atoms with E-state index in [1.807, 2.05) is 16.8 Å². The van der Waals surface area contributed by atoms with Crippen LogP contribution in [0.3, 0.4) is 0 Å². The summed E-state index contributed by atoms with van der Waals surface area (Å²) in [7, 11) is 0. The van der Waals surface area contributed by atoms with Gasteiger partial charge in [0.25, 0.3) is 0 Å². The number of fused-ring (bicyclic) bond motifs is 1. The lowest BCUT2D eigenvalue weighted by molar-refractivity contribution is 0.422. The summed E-state index contributed by atoms with van der Waals surface area (Å²) in [5.41, 5.74) is 6.00. The summed E-state index contributed by atoms with van der Waals surface area (Å²) in [6.45, 7) is 0.912. The van der Waals surface area contributed by atoms with Gasteiger partial charge in [-0.25, -0.2) is 9.67 Å². The summed E-state index contributed by atoms with van der Waals surface area (Å²) in [4.78, 5) is 5.49. The van der Waals surface area contributed by atoms with Crippen LogP contribution in [0.1, 0.15) is 24.7 Å². The van der Waals surface area contributed by atoms with Crippen LogP contribution in [0.4, 0.5) is 0 Å². The Bertz CT molecular complexity index is 519. The average molecular weight is 255 g/mol. The summed E-state index contributed by atoms with van der Waals surface area (Å²) in [5, 5.41) is 4.46. The highest BCUT2D eigenvalue weighted by atomic mass is 35.5. The Hall–Kier alpha value is -0.910. The van der Waals surface area contributed by atoms with Crippen LogP contribution in [0.15, 0.2) is 12.1 Å². The Kier molecular flexibility index (Phi) is 2.46. The molecule has 1 aliphatic heterocycles.